The molecule has 4 heterocycles. The third kappa shape index (κ3) is 5.15. The van der Waals surface area contributed by atoms with Crippen LogP contribution in [0.15, 0.2) is 41.5 Å². The number of hydrogen-bond donors (Lipinski definition) is 1. The Morgan fingerprint density at radius 2 is 1.88 bits per heavy atom. The summed E-state index contributed by atoms with van der Waals surface area (Å²) in [4.78, 5) is 68.2. The van der Waals surface area contributed by atoms with Gasteiger partial charge >= 0.3 is 5.97 Å². The fraction of sp³-hybridized carbons (Fsp3) is 0.364. The molecule has 2 amide bonds. The van der Waals surface area contributed by atoms with Crippen molar-refractivity contribution in [2.45, 2.75) is 51.9 Å². The van der Waals surface area contributed by atoms with Crippen LogP contribution in [0.3, 0.4) is 0 Å². The molecule has 48 heavy (non-hydrogen) atoms. The Hall–Kier alpha value is -5.60. The molecule has 1 unspecified atom stereocenters. The monoisotopic (exact) mass is 657 g/mol. The number of aromatic nitrogens is 4. The van der Waals surface area contributed by atoms with Gasteiger partial charge in [-0.1, -0.05) is 16.8 Å². The van der Waals surface area contributed by atoms with E-state index in [9.17, 15) is 29.1 Å². The van der Waals surface area contributed by atoms with Crippen LogP contribution in [0.4, 0.5) is 15.8 Å². The number of hydrogen-bond acceptors (Lipinski definition) is 9. The number of aryl methyl sites for hydroxylation is 1. The van der Waals surface area contributed by atoms with E-state index in [0.29, 0.717) is 22.5 Å². The Balaban J connectivity index is 1.08. The zero-order chi connectivity index (χ0) is 34.0. The van der Waals surface area contributed by atoms with Gasteiger partial charge in [0.15, 0.2) is 11.6 Å². The standard InChI is InChI=1S/C33H32FN7O7/c1-17-4-7-25-21(10-17)30(44)32(45)41(25)14-19-13-38(36-35-19)16-26(42)39-9-8-37(12-18(39)2)28-24(34)11-22-27(31(28)48-3)40(20-5-6-20)15-23(29(22)43)33(46)47/h4,7,10-11,13,15,18,20H,5-6,8-9,12,14,16H2,1-3H3,(H,46,47). The number of amides is 2. The number of fused-ring (bicyclic) bond motifs is 2. The Labute approximate surface area is 272 Å². The number of methoxy groups -OCH3 is 1. The minimum atomic E-state index is -1.38. The van der Waals surface area contributed by atoms with Crippen molar-refractivity contribution in [3.05, 3.63) is 75.1 Å². The molecule has 1 saturated carbocycles. The van der Waals surface area contributed by atoms with E-state index in [-0.39, 0.29) is 67.5 Å². The van der Waals surface area contributed by atoms with Crippen molar-refractivity contribution in [1.29, 1.82) is 0 Å². The normalized spacial score (nSPS) is 17.8. The van der Waals surface area contributed by atoms with Crippen LogP contribution in [0.5, 0.6) is 5.75 Å². The molecular formula is C33H32FN7O7. The number of aromatic carboxylic acids is 1. The van der Waals surface area contributed by atoms with E-state index in [0.717, 1.165) is 24.5 Å². The highest BCUT2D eigenvalue weighted by molar-refractivity contribution is 6.52. The van der Waals surface area contributed by atoms with Gasteiger partial charge in [0, 0.05) is 37.9 Å². The van der Waals surface area contributed by atoms with Crippen LogP contribution >= 0.6 is 0 Å². The number of benzene rings is 2. The van der Waals surface area contributed by atoms with Crippen molar-refractivity contribution < 1.29 is 33.4 Å². The minimum absolute atomic E-state index is 0.0231. The first-order chi connectivity index (χ1) is 23.0. The van der Waals surface area contributed by atoms with E-state index in [1.807, 2.05) is 19.9 Å². The third-order valence-electron chi connectivity index (χ3n) is 9.17. The number of nitrogens with zero attached hydrogens (tertiary/aromatic N) is 7. The highest BCUT2D eigenvalue weighted by atomic mass is 19.1. The van der Waals surface area contributed by atoms with Gasteiger partial charge in [0.05, 0.1) is 42.0 Å². The molecule has 0 radical (unpaired) electrons. The molecule has 1 atom stereocenters. The van der Waals surface area contributed by atoms with Crippen LogP contribution in [0, 0.1) is 12.7 Å². The van der Waals surface area contributed by atoms with Gasteiger partial charge < -0.3 is 24.2 Å². The number of carboxylic acid groups (broad SMARTS) is 1. The second kappa shape index (κ2) is 11.6. The number of carbonyl (C=O) groups is 4. The second-order valence-electron chi connectivity index (χ2n) is 12.5. The van der Waals surface area contributed by atoms with E-state index in [4.69, 9.17) is 4.74 Å². The zero-order valence-corrected chi connectivity index (χ0v) is 26.5. The largest absolute Gasteiger partial charge is 0.492 e. The number of carbonyl (C=O) groups excluding carboxylic acids is 3. The molecule has 0 bridgehead atoms. The predicted molar refractivity (Wildman–Crippen MR) is 170 cm³/mol. The van der Waals surface area contributed by atoms with Crippen molar-refractivity contribution in [3.63, 3.8) is 0 Å². The Morgan fingerprint density at radius 3 is 2.56 bits per heavy atom. The number of anilines is 2. The summed E-state index contributed by atoms with van der Waals surface area (Å²) in [5.41, 5.74) is 1.42. The fourth-order valence-electron chi connectivity index (χ4n) is 6.71. The van der Waals surface area contributed by atoms with Gasteiger partial charge in [-0.05, 0) is 44.9 Å². The lowest BCUT2D eigenvalue weighted by Gasteiger charge is -2.41. The van der Waals surface area contributed by atoms with Gasteiger partial charge in [-0.3, -0.25) is 24.1 Å². The summed E-state index contributed by atoms with van der Waals surface area (Å²) < 4.78 is 24.6. The summed E-state index contributed by atoms with van der Waals surface area (Å²) in [5, 5.41) is 17.7. The Kier molecular flexibility index (Phi) is 7.48. The van der Waals surface area contributed by atoms with Crippen molar-refractivity contribution in [3.8, 4) is 5.75 Å². The summed E-state index contributed by atoms with van der Waals surface area (Å²) in [6.07, 6.45) is 4.46. The molecule has 2 aromatic carbocycles. The van der Waals surface area contributed by atoms with Crippen molar-refractivity contribution >= 4 is 45.8 Å². The van der Waals surface area contributed by atoms with Crippen molar-refractivity contribution in [2.24, 2.45) is 0 Å². The van der Waals surface area contributed by atoms with E-state index >= 15 is 4.39 Å². The first-order valence-electron chi connectivity index (χ1n) is 15.6. The molecular weight excluding hydrogens is 625 g/mol. The molecule has 2 fully saturated rings. The summed E-state index contributed by atoms with van der Waals surface area (Å²) >= 11 is 0. The number of ether oxygens (including phenoxy) is 1. The highest BCUT2D eigenvalue weighted by Crippen LogP contribution is 2.44. The molecule has 2 aromatic heterocycles. The van der Waals surface area contributed by atoms with E-state index < -0.39 is 34.5 Å². The van der Waals surface area contributed by atoms with Crippen LogP contribution in [0.25, 0.3) is 10.9 Å². The third-order valence-corrected chi connectivity index (χ3v) is 9.17. The molecule has 0 spiro atoms. The molecule has 2 aliphatic heterocycles. The molecule has 1 aliphatic carbocycles. The number of carboxylic acids is 1. The van der Waals surface area contributed by atoms with Crippen LogP contribution in [0.2, 0.25) is 0 Å². The van der Waals surface area contributed by atoms with Gasteiger partial charge in [-0.15, -0.1) is 5.10 Å². The molecule has 3 aliphatic rings. The lowest BCUT2D eigenvalue weighted by Crippen LogP contribution is -2.55. The maximum absolute atomic E-state index is 15.8. The number of ketones is 1. The molecule has 4 aromatic rings. The number of piperazine rings is 1. The van der Waals surface area contributed by atoms with Crippen LogP contribution < -0.4 is 20.0 Å². The van der Waals surface area contributed by atoms with Crippen molar-refractivity contribution in [2.75, 3.05) is 36.5 Å². The maximum Gasteiger partial charge on any atom is 0.341 e. The van der Waals surface area contributed by atoms with Crippen LogP contribution in [-0.4, -0.2) is 85.9 Å². The van der Waals surface area contributed by atoms with E-state index in [2.05, 4.69) is 10.3 Å². The summed E-state index contributed by atoms with van der Waals surface area (Å²) in [6.45, 7) is 4.38. The van der Waals surface area contributed by atoms with Crippen LogP contribution in [-0.2, 0) is 22.7 Å². The number of rotatable bonds is 8. The maximum atomic E-state index is 15.8. The number of pyridine rings is 1. The summed E-state index contributed by atoms with van der Waals surface area (Å²) in [6, 6.07) is 5.94. The first-order valence-corrected chi connectivity index (χ1v) is 15.6. The molecule has 1 saturated heterocycles. The Bertz CT molecular complexity index is 2100. The van der Waals surface area contributed by atoms with Gasteiger partial charge in [0.2, 0.25) is 11.3 Å². The SMILES string of the molecule is COc1c(N2CCN(C(=O)Cn3cc(CN4C(=O)C(=O)c5cc(C)ccc54)nn3)C(C)C2)c(F)cc2c(=O)c(C(=O)O)cn(C3CC3)c12. The van der Waals surface area contributed by atoms with Crippen molar-refractivity contribution in [1.82, 2.24) is 24.5 Å². The topological polar surface area (TPSA) is 160 Å². The molecule has 15 heteroatoms. The molecule has 1 N–H and O–H groups in total. The highest BCUT2D eigenvalue weighted by Gasteiger charge is 2.37. The summed E-state index contributed by atoms with van der Waals surface area (Å²) in [5.74, 6) is -3.41. The molecule has 14 nitrogen and oxygen atoms in total. The molecule has 248 valence electrons. The zero-order valence-electron chi connectivity index (χ0n) is 26.5. The average Bonchev–Trinajstić information content (AvgIpc) is 3.76. The van der Waals surface area contributed by atoms with Gasteiger partial charge in [0.1, 0.15) is 23.5 Å². The fourth-order valence-corrected chi connectivity index (χ4v) is 6.71. The quantitative estimate of drug-likeness (QED) is 0.279. The lowest BCUT2D eigenvalue weighted by atomic mass is 10.1. The van der Waals surface area contributed by atoms with E-state index in [1.54, 1.807) is 32.7 Å². The smallest absolute Gasteiger partial charge is 0.341 e. The van der Waals surface area contributed by atoms with Crippen LogP contribution in [0.1, 0.15) is 57.8 Å². The average molecular weight is 658 g/mol. The van der Waals surface area contributed by atoms with Gasteiger partial charge in [-0.2, -0.15) is 0 Å². The first kappa shape index (κ1) is 31.0. The van der Waals surface area contributed by atoms with Gasteiger partial charge in [-0.25, -0.2) is 13.9 Å². The predicted octanol–water partition coefficient (Wildman–Crippen LogP) is 2.55. The van der Waals surface area contributed by atoms with Gasteiger partial charge in [0.25, 0.3) is 11.7 Å². The number of halogens is 1. The van der Waals surface area contributed by atoms with E-state index in [1.165, 1.54) is 22.9 Å². The summed E-state index contributed by atoms with van der Waals surface area (Å²) in [7, 11) is 1.39. The second-order valence-corrected chi connectivity index (χ2v) is 12.5. The molecule has 7 rings (SSSR count). The minimum Gasteiger partial charge on any atom is -0.492 e. The number of Topliss-reactive ketones (excluding diaryl/α,β-unsaturated/α-hetero) is 1. The Morgan fingerprint density at radius 1 is 1.10 bits per heavy atom. The lowest BCUT2D eigenvalue weighted by molar-refractivity contribution is -0.134.